The molecule has 0 aliphatic rings. The SMILES string of the molecule is COc1cc(C(=O)Nc2cccc(OCC(=O)Nc3ccccc3)c2)cc(Cl)c1OCC(N)=O. The normalized spacial score (nSPS) is 10.2. The van der Waals surface area contributed by atoms with E-state index in [1.54, 1.807) is 36.4 Å². The Hall–Kier alpha value is -4.24. The summed E-state index contributed by atoms with van der Waals surface area (Å²) in [7, 11) is 1.37. The van der Waals surface area contributed by atoms with Crippen LogP contribution in [0.15, 0.2) is 66.7 Å². The summed E-state index contributed by atoms with van der Waals surface area (Å²) >= 11 is 6.20. The zero-order valence-electron chi connectivity index (χ0n) is 18.2. The number of methoxy groups -OCH3 is 1. The van der Waals surface area contributed by atoms with Crippen LogP contribution in [0, 0.1) is 0 Å². The lowest BCUT2D eigenvalue weighted by molar-refractivity contribution is -0.120. The van der Waals surface area contributed by atoms with Gasteiger partial charge in [-0.25, -0.2) is 0 Å². The summed E-state index contributed by atoms with van der Waals surface area (Å²) in [6, 6.07) is 18.4. The number of rotatable bonds is 10. The molecule has 0 heterocycles. The molecule has 0 bridgehead atoms. The molecule has 0 aliphatic carbocycles. The minimum Gasteiger partial charge on any atom is -0.493 e. The molecule has 9 nitrogen and oxygen atoms in total. The maximum Gasteiger partial charge on any atom is 0.262 e. The average molecular weight is 484 g/mol. The Bertz CT molecular complexity index is 1190. The van der Waals surface area contributed by atoms with E-state index < -0.39 is 18.4 Å². The van der Waals surface area contributed by atoms with E-state index in [0.29, 0.717) is 17.1 Å². The minimum atomic E-state index is -0.681. The Labute approximate surface area is 200 Å². The first-order chi connectivity index (χ1) is 16.4. The minimum absolute atomic E-state index is 0.0762. The highest BCUT2D eigenvalue weighted by molar-refractivity contribution is 6.32. The predicted octanol–water partition coefficient (Wildman–Crippen LogP) is 3.48. The number of nitrogens with two attached hydrogens (primary N) is 1. The molecule has 3 aromatic rings. The molecule has 34 heavy (non-hydrogen) atoms. The fraction of sp³-hybridized carbons (Fsp3) is 0.125. The number of halogens is 1. The fourth-order valence-electron chi connectivity index (χ4n) is 2.87. The van der Waals surface area contributed by atoms with E-state index in [2.05, 4.69) is 10.6 Å². The molecule has 0 saturated heterocycles. The molecule has 0 unspecified atom stereocenters. The highest BCUT2D eigenvalue weighted by atomic mass is 35.5. The number of anilines is 2. The molecule has 0 saturated carbocycles. The molecule has 0 spiro atoms. The van der Waals surface area contributed by atoms with Crippen molar-refractivity contribution in [2.75, 3.05) is 31.0 Å². The zero-order valence-corrected chi connectivity index (χ0v) is 18.9. The summed E-state index contributed by atoms with van der Waals surface area (Å²) in [6.45, 7) is -0.594. The number of hydrogen-bond donors (Lipinski definition) is 3. The Morgan fingerprint density at radius 2 is 1.62 bits per heavy atom. The molecular formula is C24H22ClN3O6. The van der Waals surface area contributed by atoms with E-state index in [0.717, 1.165) is 0 Å². The van der Waals surface area contributed by atoms with Gasteiger partial charge in [-0.05, 0) is 36.4 Å². The van der Waals surface area contributed by atoms with Gasteiger partial charge in [-0.3, -0.25) is 14.4 Å². The summed E-state index contributed by atoms with van der Waals surface area (Å²) < 4.78 is 16.0. The van der Waals surface area contributed by atoms with Crippen molar-refractivity contribution in [3.05, 3.63) is 77.3 Å². The molecule has 0 atom stereocenters. The lowest BCUT2D eigenvalue weighted by Crippen LogP contribution is -2.20. The molecule has 3 amide bonds. The molecule has 0 aromatic heterocycles. The van der Waals surface area contributed by atoms with Crippen molar-refractivity contribution in [1.82, 2.24) is 0 Å². The van der Waals surface area contributed by atoms with Gasteiger partial charge in [-0.2, -0.15) is 0 Å². The molecule has 4 N–H and O–H groups in total. The van der Waals surface area contributed by atoms with Gasteiger partial charge in [0.1, 0.15) is 5.75 Å². The van der Waals surface area contributed by atoms with E-state index in [1.165, 1.54) is 19.2 Å². The number of carbonyl (C=O) groups excluding carboxylic acids is 3. The van der Waals surface area contributed by atoms with Crippen molar-refractivity contribution in [1.29, 1.82) is 0 Å². The van der Waals surface area contributed by atoms with Crippen LogP contribution in [-0.4, -0.2) is 38.0 Å². The molecule has 3 rings (SSSR count). The van der Waals surface area contributed by atoms with E-state index in [1.807, 2.05) is 18.2 Å². The highest BCUT2D eigenvalue weighted by Crippen LogP contribution is 2.36. The highest BCUT2D eigenvalue weighted by Gasteiger charge is 2.17. The first-order valence-corrected chi connectivity index (χ1v) is 10.4. The third-order valence-corrected chi connectivity index (χ3v) is 4.65. The predicted molar refractivity (Wildman–Crippen MR) is 128 cm³/mol. The second-order valence-corrected chi connectivity index (χ2v) is 7.34. The first-order valence-electron chi connectivity index (χ1n) is 10.0. The number of nitrogens with one attached hydrogen (secondary N) is 2. The number of amides is 3. The lowest BCUT2D eigenvalue weighted by atomic mass is 10.1. The number of para-hydroxylation sites is 1. The van der Waals surface area contributed by atoms with Gasteiger partial charge < -0.3 is 30.6 Å². The van der Waals surface area contributed by atoms with Crippen LogP contribution in [0.3, 0.4) is 0 Å². The monoisotopic (exact) mass is 483 g/mol. The summed E-state index contributed by atoms with van der Waals surface area (Å²) in [6.07, 6.45) is 0. The van der Waals surface area contributed by atoms with Crippen LogP contribution >= 0.6 is 11.6 Å². The topological polar surface area (TPSA) is 129 Å². The summed E-state index contributed by atoms with van der Waals surface area (Å²) in [5, 5.41) is 5.52. The second kappa shape index (κ2) is 11.6. The van der Waals surface area contributed by atoms with Gasteiger partial charge in [0.2, 0.25) is 0 Å². The van der Waals surface area contributed by atoms with Crippen LogP contribution < -0.4 is 30.6 Å². The molecule has 3 aromatic carbocycles. The van der Waals surface area contributed by atoms with Crippen LogP contribution in [0.1, 0.15) is 10.4 Å². The zero-order chi connectivity index (χ0) is 24.5. The number of hydrogen-bond acceptors (Lipinski definition) is 6. The van der Waals surface area contributed by atoms with Crippen molar-refractivity contribution in [2.24, 2.45) is 5.73 Å². The summed E-state index contributed by atoms with van der Waals surface area (Å²) in [5.74, 6) is -0.808. The van der Waals surface area contributed by atoms with Crippen molar-refractivity contribution < 1.29 is 28.6 Å². The maximum atomic E-state index is 12.7. The van der Waals surface area contributed by atoms with E-state index in [9.17, 15) is 14.4 Å². The average Bonchev–Trinajstić information content (AvgIpc) is 2.82. The molecule has 0 radical (unpaired) electrons. The number of ether oxygens (including phenoxy) is 3. The standard InChI is InChI=1S/C24H22ClN3O6/c1-32-20-11-15(10-19(25)23(20)34-13-21(26)29)24(31)28-17-8-5-9-18(12-17)33-14-22(30)27-16-6-3-2-4-7-16/h2-12H,13-14H2,1H3,(H2,26,29)(H,27,30)(H,28,31). The fourth-order valence-corrected chi connectivity index (χ4v) is 3.13. The van der Waals surface area contributed by atoms with E-state index in [4.69, 9.17) is 31.5 Å². The number of carbonyl (C=O) groups is 3. The van der Waals surface area contributed by atoms with Crippen LogP contribution in [0.25, 0.3) is 0 Å². The second-order valence-electron chi connectivity index (χ2n) is 6.93. The van der Waals surface area contributed by atoms with Gasteiger partial charge in [-0.15, -0.1) is 0 Å². The third kappa shape index (κ3) is 6.88. The maximum absolute atomic E-state index is 12.7. The van der Waals surface area contributed by atoms with Crippen molar-refractivity contribution in [3.63, 3.8) is 0 Å². The van der Waals surface area contributed by atoms with E-state index >= 15 is 0 Å². The van der Waals surface area contributed by atoms with Gasteiger partial charge >= 0.3 is 0 Å². The van der Waals surface area contributed by atoms with E-state index in [-0.39, 0.29) is 34.6 Å². The third-order valence-electron chi connectivity index (χ3n) is 4.37. The Morgan fingerprint density at radius 3 is 2.32 bits per heavy atom. The molecule has 0 aliphatic heterocycles. The van der Waals surface area contributed by atoms with Gasteiger partial charge in [0.25, 0.3) is 17.7 Å². The van der Waals surface area contributed by atoms with Gasteiger partial charge in [-0.1, -0.05) is 35.9 Å². The summed E-state index contributed by atoms with van der Waals surface area (Å²) in [5.41, 5.74) is 6.39. The van der Waals surface area contributed by atoms with Crippen LogP contribution in [0.4, 0.5) is 11.4 Å². The van der Waals surface area contributed by atoms with Crippen LogP contribution in [-0.2, 0) is 9.59 Å². The van der Waals surface area contributed by atoms with Crippen LogP contribution in [0.2, 0.25) is 5.02 Å². The van der Waals surface area contributed by atoms with Gasteiger partial charge in [0, 0.05) is 23.0 Å². The van der Waals surface area contributed by atoms with Gasteiger partial charge in [0.15, 0.2) is 24.7 Å². The molecule has 176 valence electrons. The Kier molecular flexibility index (Phi) is 8.31. The van der Waals surface area contributed by atoms with Gasteiger partial charge in [0.05, 0.1) is 12.1 Å². The Morgan fingerprint density at radius 1 is 0.882 bits per heavy atom. The van der Waals surface area contributed by atoms with Crippen LogP contribution in [0.5, 0.6) is 17.2 Å². The van der Waals surface area contributed by atoms with Crippen molar-refractivity contribution in [3.8, 4) is 17.2 Å². The molecular weight excluding hydrogens is 462 g/mol. The lowest BCUT2D eigenvalue weighted by Gasteiger charge is -2.14. The molecule has 10 heteroatoms. The van der Waals surface area contributed by atoms with Crippen molar-refractivity contribution >= 4 is 40.7 Å². The Balaban J connectivity index is 1.64. The largest absolute Gasteiger partial charge is 0.493 e. The summed E-state index contributed by atoms with van der Waals surface area (Å²) in [4.78, 5) is 35.8. The quantitative estimate of drug-likeness (QED) is 0.405. The molecule has 0 fully saturated rings. The van der Waals surface area contributed by atoms with Crippen molar-refractivity contribution in [2.45, 2.75) is 0 Å². The first kappa shape index (κ1) is 24.4. The number of primary amides is 1. The smallest absolute Gasteiger partial charge is 0.262 e. The number of benzene rings is 3.